The van der Waals surface area contributed by atoms with Gasteiger partial charge in [-0.2, -0.15) is 0 Å². The third kappa shape index (κ3) is 3.30. The summed E-state index contributed by atoms with van der Waals surface area (Å²) in [5, 5.41) is 0. The van der Waals surface area contributed by atoms with Crippen LogP contribution >= 0.6 is 0 Å². The monoisotopic (exact) mass is 239 g/mol. The molecule has 98 valence electrons. The molecule has 0 aliphatic carbocycles. The molecule has 0 radical (unpaired) electrons. The van der Waals surface area contributed by atoms with Gasteiger partial charge in [0.2, 0.25) is 0 Å². The van der Waals surface area contributed by atoms with Gasteiger partial charge in [-0.05, 0) is 19.8 Å². The predicted molar refractivity (Wildman–Crippen MR) is 69.9 cm³/mol. The van der Waals surface area contributed by atoms with Crippen LogP contribution in [-0.4, -0.2) is 28.3 Å². The maximum atomic E-state index is 6.25. The number of aromatic nitrogens is 2. The minimum atomic E-state index is -0.275. The lowest BCUT2D eigenvalue weighted by Gasteiger charge is -2.33. The second-order valence-corrected chi connectivity index (χ2v) is 4.72. The van der Waals surface area contributed by atoms with Gasteiger partial charge in [-0.25, -0.2) is 4.98 Å². The minimum absolute atomic E-state index is 0.0319. The van der Waals surface area contributed by atoms with Crippen LogP contribution in [0.15, 0.2) is 12.4 Å². The van der Waals surface area contributed by atoms with Crippen LogP contribution in [0, 0.1) is 0 Å². The molecule has 4 heteroatoms. The lowest BCUT2D eigenvalue weighted by Crippen LogP contribution is -2.48. The van der Waals surface area contributed by atoms with Gasteiger partial charge in [0.25, 0.3) is 0 Å². The van der Waals surface area contributed by atoms with E-state index >= 15 is 0 Å². The molecule has 2 atom stereocenters. The van der Waals surface area contributed by atoms with Crippen molar-refractivity contribution >= 4 is 0 Å². The average molecular weight is 239 g/mol. The van der Waals surface area contributed by atoms with Crippen molar-refractivity contribution in [2.24, 2.45) is 5.73 Å². The number of nitrogens with zero attached hydrogens (tertiary/aromatic N) is 2. The van der Waals surface area contributed by atoms with Gasteiger partial charge in [0.15, 0.2) is 0 Å². The van der Waals surface area contributed by atoms with E-state index in [1.54, 1.807) is 7.11 Å². The average Bonchev–Trinajstić information content (AvgIpc) is 2.76. The van der Waals surface area contributed by atoms with E-state index in [1.807, 2.05) is 12.4 Å². The zero-order valence-corrected chi connectivity index (χ0v) is 11.4. The lowest BCUT2D eigenvalue weighted by atomic mass is 9.91. The Bertz CT molecular complexity index is 331. The van der Waals surface area contributed by atoms with E-state index in [9.17, 15) is 0 Å². The molecule has 1 aromatic heterocycles. The largest absolute Gasteiger partial charge is 0.377 e. The first kappa shape index (κ1) is 14.2. The Kier molecular flexibility index (Phi) is 5.15. The standard InChI is InChI=1S/C13H25N3O/c1-5-8-16-9-7-15-12(16)10-11(14)13(3,6-2)17-4/h7,9,11H,5-6,8,10,14H2,1-4H3. The van der Waals surface area contributed by atoms with E-state index in [1.165, 1.54) is 0 Å². The fraction of sp³-hybridized carbons (Fsp3) is 0.769. The van der Waals surface area contributed by atoms with Gasteiger partial charge in [-0.15, -0.1) is 0 Å². The molecule has 1 rings (SSSR count). The van der Waals surface area contributed by atoms with Crippen molar-refractivity contribution in [2.75, 3.05) is 7.11 Å². The topological polar surface area (TPSA) is 53.1 Å². The van der Waals surface area contributed by atoms with Crippen LogP contribution in [0.4, 0.5) is 0 Å². The zero-order chi connectivity index (χ0) is 12.9. The summed E-state index contributed by atoms with van der Waals surface area (Å²) in [6.07, 6.45) is 6.62. The number of hydrogen-bond acceptors (Lipinski definition) is 3. The Morgan fingerprint density at radius 3 is 2.76 bits per heavy atom. The van der Waals surface area contributed by atoms with Gasteiger partial charge in [-0.3, -0.25) is 0 Å². The normalized spacial score (nSPS) is 16.8. The molecule has 0 saturated heterocycles. The fourth-order valence-corrected chi connectivity index (χ4v) is 1.94. The lowest BCUT2D eigenvalue weighted by molar-refractivity contribution is -0.0190. The highest BCUT2D eigenvalue weighted by atomic mass is 16.5. The van der Waals surface area contributed by atoms with Crippen molar-refractivity contribution in [1.82, 2.24) is 9.55 Å². The highest BCUT2D eigenvalue weighted by Crippen LogP contribution is 2.20. The van der Waals surface area contributed by atoms with Gasteiger partial charge >= 0.3 is 0 Å². The molecule has 1 aromatic rings. The third-order valence-corrected chi connectivity index (χ3v) is 3.62. The molecular weight excluding hydrogens is 214 g/mol. The Hall–Kier alpha value is -0.870. The maximum absolute atomic E-state index is 6.25. The number of ether oxygens (including phenoxy) is 1. The maximum Gasteiger partial charge on any atom is 0.110 e. The summed E-state index contributed by atoms with van der Waals surface area (Å²) in [5.41, 5.74) is 5.98. The fourth-order valence-electron chi connectivity index (χ4n) is 1.94. The van der Waals surface area contributed by atoms with Gasteiger partial charge in [-0.1, -0.05) is 13.8 Å². The molecule has 1 heterocycles. The van der Waals surface area contributed by atoms with Crippen molar-refractivity contribution in [3.63, 3.8) is 0 Å². The highest BCUT2D eigenvalue weighted by Gasteiger charge is 2.30. The number of nitrogens with two attached hydrogens (primary N) is 1. The number of aryl methyl sites for hydroxylation is 1. The molecule has 0 aliphatic heterocycles. The van der Waals surface area contributed by atoms with E-state index in [2.05, 4.69) is 30.3 Å². The first-order valence-corrected chi connectivity index (χ1v) is 6.38. The van der Waals surface area contributed by atoms with Crippen LogP contribution in [0.1, 0.15) is 39.4 Å². The molecule has 0 amide bonds. The predicted octanol–water partition coefficient (Wildman–Crippen LogP) is 1.98. The highest BCUT2D eigenvalue weighted by molar-refractivity contribution is 4.99. The molecule has 17 heavy (non-hydrogen) atoms. The van der Waals surface area contributed by atoms with Crippen LogP contribution in [0.3, 0.4) is 0 Å². The van der Waals surface area contributed by atoms with E-state index in [4.69, 9.17) is 10.5 Å². The zero-order valence-electron chi connectivity index (χ0n) is 11.4. The summed E-state index contributed by atoms with van der Waals surface area (Å²) in [5.74, 6) is 1.05. The molecule has 2 N–H and O–H groups in total. The number of imidazole rings is 1. The molecule has 2 unspecified atom stereocenters. The first-order valence-electron chi connectivity index (χ1n) is 6.38. The van der Waals surface area contributed by atoms with Gasteiger partial charge in [0.05, 0.1) is 5.60 Å². The minimum Gasteiger partial charge on any atom is -0.377 e. The summed E-state index contributed by atoms with van der Waals surface area (Å²) in [6, 6.07) is -0.0319. The summed E-state index contributed by atoms with van der Waals surface area (Å²) >= 11 is 0. The summed E-state index contributed by atoms with van der Waals surface area (Å²) in [4.78, 5) is 4.38. The molecule has 0 fully saturated rings. The number of rotatable bonds is 7. The van der Waals surface area contributed by atoms with Crippen molar-refractivity contribution in [1.29, 1.82) is 0 Å². The van der Waals surface area contributed by atoms with Gasteiger partial charge in [0, 0.05) is 38.5 Å². The van der Waals surface area contributed by atoms with Gasteiger partial charge < -0.3 is 15.0 Å². The molecular formula is C13H25N3O. The Morgan fingerprint density at radius 1 is 1.53 bits per heavy atom. The summed E-state index contributed by atoms with van der Waals surface area (Å²) < 4.78 is 7.71. The van der Waals surface area contributed by atoms with Crippen LogP contribution in [0.25, 0.3) is 0 Å². The quantitative estimate of drug-likeness (QED) is 0.791. The van der Waals surface area contributed by atoms with Crippen molar-refractivity contribution in [3.8, 4) is 0 Å². The van der Waals surface area contributed by atoms with Crippen LogP contribution < -0.4 is 5.73 Å². The summed E-state index contributed by atoms with van der Waals surface area (Å²) in [6.45, 7) is 7.32. The van der Waals surface area contributed by atoms with Crippen LogP contribution in [-0.2, 0) is 17.7 Å². The van der Waals surface area contributed by atoms with Crippen molar-refractivity contribution in [2.45, 2.75) is 58.2 Å². The van der Waals surface area contributed by atoms with Crippen LogP contribution in [0.5, 0.6) is 0 Å². The molecule has 4 nitrogen and oxygen atoms in total. The van der Waals surface area contributed by atoms with Crippen molar-refractivity contribution < 1.29 is 4.74 Å². The first-order chi connectivity index (χ1) is 8.07. The Morgan fingerprint density at radius 2 is 2.24 bits per heavy atom. The number of methoxy groups -OCH3 is 1. The van der Waals surface area contributed by atoms with E-state index in [0.717, 1.165) is 31.6 Å². The van der Waals surface area contributed by atoms with Crippen molar-refractivity contribution in [3.05, 3.63) is 18.2 Å². The Balaban J connectivity index is 2.73. The molecule has 0 spiro atoms. The van der Waals surface area contributed by atoms with E-state index < -0.39 is 0 Å². The van der Waals surface area contributed by atoms with Gasteiger partial charge in [0.1, 0.15) is 5.82 Å². The van der Waals surface area contributed by atoms with Crippen LogP contribution in [0.2, 0.25) is 0 Å². The summed E-state index contributed by atoms with van der Waals surface area (Å²) in [7, 11) is 1.72. The Labute approximate surface area is 104 Å². The molecule has 0 aliphatic rings. The third-order valence-electron chi connectivity index (χ3n) is 3.62. The molecule has 0 saturated carbocycles. The smallest absolute Gasteiger partial charge is 0.110 e. The van der Waals surface area contributed by atoms with E-state index in [0.29, 0.717) is 0 Å². The SMILES string of the molecule is CCCn1ccnc1CC(N)C(C)(CC)OC. The molecule has 0 aromatic carbocycles. The van der Waals surface area contributed by atoms with E-state index in [-0.39, 0.29) is 11.6 Å². The number of hydrogen-bond donors (Lipinski definition) is 1. The second kappa shape index (κ2) is 6.17. The second-order valence-electron chi connectivity index (χ2n) is 4.72. The molecule has 0 bridgehead atoms.